The number of aromatic nitrogens is 2. The Labute approximate surface area is 232 Å². The zero-order valence-corrected chi connectivity index (χ0v) is 24.1. The Bertz CT molecular complexity index is 1620. The topological polar surface area (TPSA) is 142 Å². The standard InChI is InChI=1S/C26H31ClN3O7PS/c1-3-30(12-14-37-38(31,32)33)11-6-13-36-23-10-9-21(18-7-5-8-20(15-18)39(34,35)4-2)24-22-16-19(27)17-28-26(22)29-25(23)24/h5,7-10,15-17H,3-4,6,11-14H2,1-2H3,(H,28,29)(H2,31,32,33). The van der Waals surface area contributed by atoms with Gasteiger partial charge in [0.25, 0.3) is 0 Å². The third kappa shape index (κ3) is 7.18. The van der Waals surface area contributed by atoms with Gasteiger partial charge in [-0.3, -0.25) is 4.52 Å². The van der Waals surface area contributed by atoms with Crippen LogP contribution in [0, 0.1) is 0 Å². The second kappa shape index (κ2) is 12.3. The van der Waals surface area contributed by atoms with Crippen LogP contribution < -0.4 is 4.74 Å². The van der Waals surface area contributed by atoms with E-state index in [4.69, 9.17) is 26.1 Å². The molecule has 0 bridgehead atoms. The van der Waals surface area contributed by atoms with Crippen LogP contribution in [0.25, 0.3) is 33.1 Å². The van der Waals surface area contributed by atoms with Crippen molar-refractivity contribution in [3.8, 4) is 16.9 Å². The molecule has 10 nitrogen and oxygen atoms in total. The highest BCUT2D eigenvalue weighted by Crippen LogP contribution is 2.40. The Kier molecular flexibility index (Phi) is 9.33. The van der Waals surface area contributed by atoms with E-state index in [9.17, 15) is 13.0 Å². The summed E-state index contributed by atoms with van der Waals surface area (Å²) in [6, 6.07) is 12.5. The molecule has 4 aromatic rings. The van der Waals surface area contributed by atoms with Gasteiger partial charge in [-0.15, -0.1) is 0 Å². The van der Waals surface area contributed by atoms with Gasteiger partial charge in [-0.25, -0.2) is 18.0 Å². The number of hydrogen-bond acceptors (Lipinski definition) is 7. The molecule has 0 atom stereocenters. The number of H-pyrrole nitrogens is 1. The number of hydrogen-bond donors (Lipinski definition) is 3. The monoisotopic (exact) mass is 595 g/mol. The Balaban J connectivity index is 1.60. The molecule has 3 N–H and O–H groups in total. The van der Waals surface area contributed by atoms with Crippen molar-refractivity contribution in [3.05, 3.63) is 53.7 Å². The first-order valence-corrected chi connectivity index (χ1v) is 16.1. The predicted octanol–water partition coefficient (Wildman–Crippen LogP) is 5.03. The molecular weight excluding hydrogens is 565 g/mol. The smallest absolute Gasteiger partial charge is 0.469 e. The number of nitrogens with zero attached hydrogens (tertiary/aromatic N) is 2. The lowest BCUT2D eigenvalue weighted by Crippen LogP contribution is -2.29. The zero-order valence-electron chi connectivity index (χ0n) is 21.6. The molecular formula is C26H31ClN3O7PS. The average Bonchev–Trinajstić information content (AvgIpc) is 3.28. The molecule has 0 saturated heterocycles. The third-order valence-electron chi connectivity index (χ3n) is 6.41. The van der Waals surface area contributed by atoms with Crippen LogP contribution in [0.15, 0.2) is 53.6 Å². The molecule has 0 aliphatic carbocycles. The van der Waals surface area contributed by atoms with Gasteiger partial charge in [-0.1, -0.05) is 37.6 Å². The van der Waals surface area contributed by atoms with Gasteiger partial charge in [0.2, 0.25) is 0 Å². The maximum atomic E-state index is 12.5. The summed E-state index contributed by atoms with van der Waals surface area (Å²) in [7, 11) is -7.86. The van der Waals surface area contributed by atoms with E-state index in [1.165, 1.54) is 0 Å². The van der Waals surface area contributed by atoms with Crippen molar-refractivity contribution in [1.82, 2.24) is 14.9 Å². The fraction of sp³-hybridized carbons (Fsp3) is 0.346. The van der Waals surface area contributed by atoms with Crippen LogP contribution in [0.5, 0.6) is 5.75 Å². The number of fused-ring (bicyclic) bond motifs is 3. The van der Waals surface area contributed by atoms with Crippen molar-refractivity contribution < 1.29 is 32.0 Å². The van der Waals surface area contributed by atoms with Gasteiger partial charge in [-0.2, -0.15) is 0 Å². The molecule has 210 valence electrons. The molecule has 2 aromatic carbocycles. The quantitative estimate of drug-likeness (QED) is 0.143. The second-order valence-corrected chi connectivity index (χ2v) is 12.9. The highest BCUT2D eigenvalue weighted by molar-refractivity contribution is 7.91. The van der Waals surface area contributed by atoms with Crippen LogP contribution in [-0.2, 0) is 18.9 Å². The molecule has 0 amide bonds. The highest BCUT2D eigenvalue weighted by atomic mass is 35.5. The summed E-state index contributed by atoms with van der Waals surface area (Å²) in [5.41, 5.74) is 2.93. The highest BCUT2D eigenvalue weighted by Gasteiger charge is 2.19. The molecule has 0 saturated carbocycles. The summed E-state index contributed by atoms with van der Waals surface area (Å²) in [5.74, 6) is 0.630. The number of sulfone groups is 1. The lowest BCUT2D eigenvalue weighted by Gasteiger charge is -2.20. The Morgan fingerprint density at radius 2 is 1.90 bits per heavy atom. The maximum Gasteiger partial charge on any atom is 0.469 e. The summed E-state index contributed by atoms with van der Waals surface area (Å²) >= 11 is 6.28. The average molecular weight is 596 g/mol. The molecule has 2 aromatic heterocycles. The predicted molar refractivity (Wildman–Crippen MR) is 152 cm³/mol. The minimum absolute atomic E-state index is 0.0113. The minimum atomic E-state index is -4.48. The van der Waals surface area contributed by atoms with Gasteiger partial charge in [0.15, 0.2) is 9.84 Å². The first kappa shape index (κ1) is 29.5. The molecule has 0 unspecified atom stereocenters. The van der Waals surface area contributed by atoms with Gasteiger partial charge in [-0.05, 0) is 54.4 Å². The first-order valence-electron chi connectivity index (χ1n) is 12.5. The van der Waals surface area contributed by atoms with Gasteiger partial charge >= 0.3 is 7.82 Å². The van der Waals surface area contributed by atoms with E-state index >= 15 is 0 Å². The van der Waals surface area contributed by atoms with Crippen molar-refractivity contribution in [2.75, 3.05) is 38.6 Å². The van der Waals surface area contributed by atoms with E-state index in [1.807, 2.05) is 36.1 Å². The molecule has 4 rings (SSSR count). The van der Waals surface area contributed by atoms with Crippen LogP contribution in [0.3, 0.4) is 0 Å². The summed E-state index contributed by atoms with van der Waals surface area (Å²) in [4.78, 5) is 27.8. The largest absolute Gasteiger partial charge is 0.491 e. The first-order chi connectivity index (χ1) is 18.5. The van der Waals surface area contributed by atoms with Gasteiger partial charge in [0.1, 0.15) is 11.4 Å². The molecule has 13 heteroatoms. The fourth-order valence-electron chi connectivity index (χ4n) is 4.41. The van der Waals surface area contributed by atoms with Gasteiger partial charge in [0, 0.05) is 30.1 Å². The summed E-state index contributed by atoms with van der Waals surface area (Å²) in [5, 5.41) is 2.10. The number of rotatable bonds is 13. The van der Waals surface area contributed by atoms with Crippen LogP contribution in [-0.4, -0.2) is 71.7 Å². The van der Waals surface area contributed by atoms with Crippen LogP contribution >= 0.6 is 19.4 Å². The SMILES string of the molecule is CCN(CCCOc1ccc(-c2cccc(S(=O)(=O)CC)c2)c2c1[nH]c1ncc(Cl)cc12)CCOP(=O)(O)O. The Hall–Kier alpha value is -2.50. The van der Waals surface area contributed by atoms with Gasteiger partial charge < -0.3 is 24.4 Å². The molecule has 0 fully saturated rings. The van der Waals surface area contributed by atoms with Crippen molar-refractivity contribution in [3.63, 3.8) is 0 Å². The number of benzene rings is 2. The van der Waals surface area contributed by atoms with Crippen LogP contribution in [0.1, 0.15) is 20.3 Å². The molecule has 0 radical (unpaired) electrons. The number of phosphoric ester groups is 1. The minimum Gasteiger partial charge on any atom is -0.491 e. The molecule has 0 aliphatic rings. The molecule has 2 heterocycles. The zero-order chi connectivity index (χ0) is 28.2. The summed E-state index contributed by atoms with van der Waals surface area (Å²) in [6.07, 6.45) is 2.23. The normalized spacial score (nSPS) is 12.6. The van der Waals surface area contributed by atoms with E-state index in [0.717, 1.165) is 27.4 Å². The lowest BCUT2D eigenvalue weighted by molar-refractivity contribution is 0.159. The van der Waals surface area contributed by atoms with Crippen LogP contribution in [0.4, 0.5) is 0 Å². The maximum absolute atomic E-state index is 12.5. The van der Waals surface area contributed by atoms with Crippen molar-refractivity contribution >= 4 is 51.2 Å². The van der Waals surface area contributed by atoms with E-state index < -0.39 is 17.7 Å². The fourth-order valence-corrected chi connectivity index (χ4v) is 5.81. The van der Waals surface area contributed by atoms with E-state index in [0.29, 0.717) is 49.1 Å². The summed E-state index contributed by atoms with van der Waals surface area (Å²) < 4.78 is 46.6. The molecule has 39 heavy (non-hydrogen) atoms. The number of ether oxygens (including phenoxy) is 1. The summed E-state index contributed by atoms with van der Waals surface area (Å²) in [6.45, 7) is 5.67. The number of aromatic amines is 1. The van der Waals surface area contributed by atoms with Crippen molar-refractivity contribution in [2.24, 2.45) is 0 Å². The number of pyridine rings is 1. The van der Waals surface area contributed by atoms with Crippen molar-refractivity contribution in [1.29, 1.82) is 0 Å². The molecule has 0 aliphatic heterocycles. The Morgan fingerprint density at radius 1 is 1.10 bits per heavy atom. The molecule has 0 spiro atoms. The second-order valence-electron chi connectivity index (χ2n) is 8.93. The van der Waals surface area contributed by atoms with Crippen LogP contribution in [0.2, 0.25) is 5.02 Å². The Morgan fingerprint density at radius 3 is 2.62 bits per heavy atom. The van der Waals surface area contributed by atoms with Gasteiger partial charge in [0.05, 0.1) is 34.4 Å². The third-order valence-corrected chi connectivity index (χ3v) is 8.87. The number of nitrogens with one attached hydrogen (secondary N) is 1. The van der Waals surface area contributed by atoms with E-state index in [-0.39, 0.29) is 17.3 Å². The number of phosphoric acid groups is 1. The van der Waals surface area contributed by atoms with E-state index in [2.05, 4.69) is 14.5 Å². The number of halogens is 1. The van der Waals surface area contributed by atoms with Crippen molar-refractivity contribution in [2.45, 2.75) is 25.2 Å². The van der Waals surface area contributed by atoms with E-state index in [1.54, 1.807) is 31.3 Å². The number of likely N-dealkylation sites (N-methyl/N-ethyl adjacent to an activating group) is 1. The lowest BCUT2D eigenvalue weighted by atomic mass is 9.99.